The van der Waals surface area contributed by atoms with Gasteiger partial charge in [0.05, 0.1) is 6.10 Å². The minimum Gasteiger partial charge on any atom is -0.393 e. The summed E-state index contributed by atoms with van der Waals surface area (Å²) in [6.45, 7) is 2.98. The van der Waals surface area contributed by atoms with Crippen LogP contribution in [-0.2, 0) is 0 Å². The first-order valence-electron chi connectivity index (χ1n) is 8.36. The summed E-state index contributed by atoms with van der Waals surface area (Å²) in [6.07, 6.45) is 9.59. The van der Waals surface area contributed by atoms with Gasteiger partial charge in [0, 0.05) is 24.5 Å². The van der Waals surface area contributed by atoms with Gasteiger partial charge in [-0.15, -0.1) is 0 Å². The lowest BCUT2D eigenvalue weighted by Gasteiger charge is -2.57. The molecular weight excluding hydrogens is 236 g/mol. The number of aliphatic hydroxyl groups is 1. The van der Waals surface area contributed by atoms with Gasteiger partial charge >= 0.3 is 0 Å². The van der Waals surface area contributed by atoms with Crippen molar-refractivity contribution >= 4 is 0 Å². The Morgan fingerprint density at radius 2 is 1.68 bits per heavy atom. The quantitative estimate of drug-likeness (QED) is 0.724. The second-order valence-corrected chi connectivity index (χ2v) is 7.90. The van der Waals surface area contributed by atoms with Gasteiger partial charge < -0.3 is 15.7 Å². The highest BCUT2D eigenvalue weighted by Crippen LogP contribution is 2.55. The molecule has 0 amide bonds. The van der Waals surface area contributed by atoms with E-state index >= 15 is 0 Å². The van der Waals surface area contributed by atoms with Crippen LogP contribution in [0, 0.1) is 23.7 Å². The monoisotopic (exact) mass is 264 g/mol. The van der Waals surface area contributed by atoms with Gasteiger partial charge in [-0.1, -0.05) is 0 Å². The lowest BCUT2D eigenvalue weighted by molar-refractivity contribution is -0.0259. The van der Waals surface area contributed by atoms with E-state index in [1.165, 1.54) is 38.5 Å². The summed E-state index contributed by atoms with van der Waals surface area (Å²) in [5.41, 5.74) is 0.450. The van der Waals surface area contributed by atoms with E-state index in [0.717, 1.165) is 43.8 Å². The molecule has 4 saturated carbocycles. The fourth-order valence-electron chi connectivity index (χ4n) is 5.79. The first-order chi connectivity index (χ1) is 9.22. The van der Waals surface area contributed by atoms with E-state index in [0.29, 0.717) is 11.5 Å². The normalized spacial score (nSPS) is 52.6. The van der Waals surface area contributed by atoms with Crippen LogP contribution in [0.1, 0.15) is 44.9 Å². The highest BCUT2D eigenvalue weighted by Gasteiger charge is 2.50. The molecule has 0 aromatic carbocycles. The third-order valence-corrected chi connectivity index (χ3v) is 6.35. The third kappa shape index (κ3) is 2.34. The van der Waals surface area contributed by atoms with E-state index in [1.807, 2.05) is 0 Å². The number of aliphatic hydroxyl groups excluding tert-OH is 1. The van der Waals surface area contributed by atoms with E-state index in [4.69, 9.17) is 0 Å². The largest absolute Gasteiger partial charge is 0.393 e. The molecule has 19 heavy (non-hydrogen) atoms. The Hall–Kier alpha value is -0.120. The molecule has 3 heteroatoms. The Kier molecular flexibility index (Phi) is 3.13. The Bertz CT molecular complexity index is 308. The molecule has 108 valence electrons. The minimum atomic E-state index is -0.0948. The first kappa shape index (κ1) is 12.6. The Morgan fingerprint density at radius 1 is 1.05 bits per heavy atom. The zero-order valence-electron chi connectivity index (χ0n) is 11.9. The van der Waals surface area contributed by atoms with Gasteiger partial charge in [-0.25, -0.2) is 0 Å². The summed E-state index contributed by atoms with van der Waals surface area (Å²) in [5, 5.41) is 17.5. The molecule has 4 bridgehead atoms. The van der Waals surface area contributed by atoms with Crippen molar-refractivity contribution in [3.8, 4) is 0 Å². The van der Waals surface area contributed by atoms with Crippen molar-refractivity contribution in [2.24, 2.45) is 23.7 Å². The van der Waals surface area contributed by atoms with E-state index in [-0.39, 0.29) is 6.10 Å². The highest BCUT2D eigenvalue weighted by atomic mass is 16.3. The molecule has 3 N–H and O–H groups in total. The van der Waals surface area contributed by atoms with Gasteiger partial charge in [-0.05, 0) is 69.2 Å². The average Bonchev–Trinajstić information content (AvgIpc) is 2.36. The predicted molar refractivity (Wildman–Crippen MR) is 75.9 cm³/mol. The number of piperidine rings is 1. The van der Waals surface area contributed by atoms with E-state index in [2.05, 4.69) is 10.6 Å². The lowest BCUT2D eigenvalue weighted by Crippen LogP contribution is -2.60. The molecule has 5 aliphatic rings. The molecule has 0 aromatic rings. The van der Waals surface area contributed by atoms with Crippen LogP contribution in [0.5, 0.6) is 0 Å². The summed E-state index contributed by atoms with van der Waals surface area (Å²) in [5.74, 6) is 3.44. The van der Waals surface area contributed by atoms with Crippen LogP contribution in [0.4, 0.5) is 0 Å². The average molecular weight is 264 g/mol. The topological polar surface area (TPSA) is 44.3 Å². The second-order valence-electron chi connectivity index (χ2n) is 7.90. The van der Waals surface area contributed by atoms with Crippen molar-refractivity contribution < 1.29 is 5.11 Å². The molecule has 1 aliphatic heterocycles. The van der Waals surface area contributed by atoms with Gasteiger partial charge in [0.25, 0.3) is 0 Å². The van der Waals surface area contributed by atoms with Crippen LogP contribution >= 0.6 is 0 Å². The van der Waals surface area contributed by atoms with Crippen molar-refractivity contribution in [3.63, 3.8) is 0 Å². The first-order valence-corrected chi connectivity index (χ1v) is 8.36. The molecule has 5 rings (SSSR count). The maximum absolute atomic E-state index is 10.1. The molecule has 1 saturated heterocycles. The number of hydrogen-bond acceptors (Lipinski definition) is 3. The van der Waals surface area contributed by atoms with Crippen molar-refractivity contribution in [1.29, 1.82) is 0 Å². The predicted octanol–water partition coefficient (Wildman–Crippen LogP) is 1.52. The van der Waals surface area contributed by atoms with Crippen molar-refractivity contribution in [2.75, 3.05) is 19.6 Å². The lowest BCUT2D eigenvalue weighted by atomic mass is 9.53. The number of rotatable bonds is 3. The van der Waals surface area contributed by atoms with E-state index in [9.17, 15) is 5.11 Å². The third-order valence-electron chi connectivity index (χ3n) is 6.35. The van der Waals surface area contributed by atoms with Crippen LogP contribution in [0.25, 0.3) is 0 Å². The molecule has 0 aromatic heterocycles. The van der Waals surface area contributed by atoms with Crippen LogP contribution in [0.2, 0.25) is 0 Å². The molecular formula is C16H28N2O. The van der Waals surface area contributed by atoms with Gasteiger partial charge in [0.15, 0.2) is 0 Å². The molecule has 5 fully saturated rings. The fraction of sp³-hybridized carbons (Fsp3) is 1.00. The summed E-state index contributed by atoms with van der Waals surface area (Å²) in [4.78, 5) is 0. The zero-order chi connectivity index (χ0) is 12.9. The van der Waals surface area contributed by atoms with E-state index < -0.39 is 0 Å². The summed E-state index contributed by atoms with van der Waals surface area (Å²) >= 11 is 0. The molecule has 3 nitrogen and oxygen atoms in total. The smallest absolute Gasteiger partial charge is 0.0604 e. The van der Waals surface area contributed by atoms with Crippen LogP contribution in [0.15, 0.2) is 0 Å². The molecule has 1 heterocycles. The van der Waals surface area contributed by atoms with Crippen LogP contribution < -0.4 is 10.6 Å². The van der Waals surface area contributed by atoms with Gasteiger partial charge in [0.1, 0.15) is 0 Å². The summed E-state index contributed by atoms with van der Waals surface area (Å²) in [6, 6.07) is 0. The highest BCUT2D eigenvalue weighted by molar-refractivity contribution is 5.06. The standard InChI is InChI=1S/C16H28N2O/c19-15-1-2-17-9-14(15)10-18-16-6-11-3-12(7-16)5-13(4-11)8-16/h11-15,17-19H,1-10H2. The van der Waals surface area contributed by atoms with Crippen molar-refractivity contribution in [3.05, 3.63) is 0 Å². The minimum absolute atomic E-state index is 0.0948. The van der Waals surface area contributed by atoms with Crippen LogP contribution in [-0.4, -0.2) is 36.4 Å². The van der Waals surface area contributed by atoms with Gasteiger partial charge in [-0.3, -0.25) is 0 Å². The van der Waals surface area contributed by atoms with Gasteiger partial charge in [-0.2, -0.15) is 0 Å². The van der Waals surface area contributed by atoms with Gasteiger partial charge in [0.2, 0.25) is 0 Å². The van der Waals surface area contributed by atoms with Crippen molar-refractivity contribution in [1.82, 2.24) is 10.6 Å². The number of hydrogen-bond donors (Lipinski definition) is 3. The Morgan fingerprint density at radius 3 is 2.26 bits per heavy atom. The summed E-state index contributed by atoms with van der Waals surface area (Å²) < 4.78 is 0. The fourth-order valence-corrected chi connectivity index (χ4v) is 5.79. The van der Waals surface area contributed by atoms with E-state index in [1.54, 1.807) is 0 Å². The maximum Gasteiger partial charge on any atom is 0.0604 e. The zero-order valence-corrected chi connectivity index (χ0v) is 11.9. The number of nitrogens with one attached hydrogen (secondary N) is 2. The maximum atomic E-state index is 10.1. The molecule has 4 aliphatic carbocycles. The van der Waals surface area contributed by atoms with Crippen LogP contribution in [0.3, 0.4) is 0 Å². The molecule has 2 unspecified atom stereocenters. The summed E-state index contributed by atoms with van der Waals surface area (Å²) in [7, 11) is 0. The van der Waals surface area contributed by atoms with Crippen molar-refractivity contribution in [2.45, 2.75) is 56.6 Å². The SMILES string of the molecule is OC1CCNCC1CNC12CC3CC(CC(C3)C1)C2. The molecule has 2 atom stereocenters. The molecule has 0 radical (unpaired) electrons. The second kappa shape index (κ2) is 4.71. The Labute approximate surface area is 116 Å². The Balaban J connectivity index is 1.39. The molecule has 0 spiro atoms.